The van der Waals surface area contributed by atoms with Crippen LogP contribution in [0.2, 0.25) is 0 Å². The van der Waals surface area contributed by atoms with Crippen LogP contribution in [0.3, 0.4) is 0 Å². The molecule has 0 bridgehead atoms. The van der Waals surface area contributed by atoms with Crippen LogP contribution in [0.1, 0.15) is 20.8 Å². The summed E-state index contributed by atoms with van der Waals surface area (Å²) in [5.41, 5.74) is 0. The molecule has 0 saturated carbocycles. The molecule has 0 spiro atoms. The molecule has 6 nitrogen and oxygen atoms in total. The first-order chi connectivity index (χ1) is 7.96. The molecule has 17 heavy (non-hydrogen) atoms. The van der Waals surface area contributed by atoms with Crippen molar-refractivity contribution in [1.29, 1.82) is 0 Å². The van der Waals surface area contributed by atoms with Gasteiger partial charge >= 0.3 is 0 Å². The summed E-state index contributed by atoms with van der Waals surface area (Å²) in [4.78, 5) is 0. The second kappa shape index (κ2) is 3.88. The molecule has 98 valence electrons. The first kappa shape index (κ1) is 11.8. The minimum atomic E-state index is -0.749. The summed E-state index contributed by atoms with van der Waals surface area (Å²) >= 11 is 0. The zero-order valence-electron chi connectivity index (χ0n) is 10.2. The van der Waals surface area contributed by atoms with Gasteiger partial charge in [0.1, 0.15) is 24.4 Å². The van der Waals surface area contributed by atoms with Crippen LogP contribution in [0, 0.1) is 0 Å². The molecule has 1 N–H and O–H groups in total. The van der Waals surface area contributed by atoms with Crippen molar-refractivity contribution in [2.45, 2.75) is 63.6 Å². The highest BCUT2D eigenvalue weighted by Crippen LogP contribution is 2.39. The smallest absolute Gasteiger partial charge is 0.190 e. The maximum Gasteiger partial charge on any atom is 0.190 e. The van der Waals surface area contributed by atoms with E-state index < -0.39 is 30.4 Å². The summed E-state index contributed by atoms with van der Waals surface area (Å²) in [5.74, 6) is -0.707. The molecule has 0 aromatic heterocycles. The molecule has 0 amide bonds. The molecule has 0 aliphatic carbocycles. The number of ether oxygens (including phenoxy) is 5. The summed E-state index contributed by atoms with van der Waals surface area (Å²) in [6, 6.07) is 0. The van der Waals surface area contributed by atoms with Crippen LogP contribution in [-0.2, 0) is 23.7 Å². The van der Waals surface area contributed by atoms with E-state index in [4.69, 9.17) is 23.7 Å². The lowest BCUT2D eigenvalue weighted by atomic mass is 10.1. The average molecular weight is 246 g/mol. The second-order valence-corrected chi connectivity index (χ2v) is 5.14. The summed E-state index contributed by atoms with van der Waals surface area (Å²) in [6.07, 6.45) is -2.69. The molecule has 0 aromatic carbocycles. The summed E-state index contributed by atoms with van der Waals surface area (Å²) in [6.45, 7) is 5.84. The third-order valence-corrected chi connectivity index (χ3v) is 3.28. The molecule has 6 unspecified atom stereocenters. The molecule has 3 aliphatic heterocycles. The quantitative estimate of drug-likeness (QED) is 0.701. The molecule has 3 rings (SSSR count). The Morgan fingerprint density at radius 3 is 2.47 bits per heavy atom. The number of rotatable bonds is 1. The Kier molecular flexibility index (Phi) is 2.70. The third-order valence-electron chi connectivity index (χ3n) is 3.28. The van der Waals surface area contributed by atoms with Gasteiger partial charge in [0.05, 0.1) is 6.61 Å². The number of aliphatic hydroxyl groups excluding tert-OH is 1. The van der Waals surface area contributed by atoms with Crippen molar-refractivity contribution < 1.29 is 28.8 Å². The predicted octanol–water partition coefficient (Wildman–Crippen LogP) is -0.0149. The Hall–Kier alpha value is -0.240. The molecule has 3 heterocycles. The fourth-order valence-electron chi connectivity index (χ4n) is 2.55. The predicted molar refractivity (Wildman–Crippen MR) is 55.0 cm³/mol. The Labute approximate surface area is 99.7 Å². The Balaban J connectivity index is 1.68. The van der Waals surface area contributed by atoms with Crippen LogP contribution in [0.4, 0.5) is 0 Å². The molecule has 3 fully saturated rings. The van der Waals surface area contributed by atoms with Gasteiger partial charge in [-0.3, -0.25) is 0 Å². The van der Waals surface area contributed by atoms with E-state index in [-0.39, 0.29) is 12.4 Å². The van der Waals surface area contributed by atoms with Crippen molar-refractivity contribution in [3.05, 3.63) is 0 Å². The Morgan fingerprint density at radius 1 is 1.12 bits per heavy atom. The summed E-state index contributed by atoms with van der Waals surface area (Å²) in [7, 11) is 0. The maximum absolute atomic E-state index is 10.2. The standard InChI is InChI=1S/C11H18O6/c1-5-13-4-6(14-5)8-7(12)9-10(15-8)17-11(2,3)16-9/h5-10,12H,4H2,1-3H3. The van der Waals surface area contributed by atoms with Crippen LogP contribution in [-0.4, -0.2) is 54.5 Å². The fourth-order valence-corrected chi connectivity index (χ4v) is 2.55. The van der Waals surface area contributed by atoms with Crippen LogP contribution < -0.4 is 0 Å². The Morgan fingerprint density at radius 2 is 1.88 bits per heavy atom. The highest BCUT2D eigenvalue weighted by atomic mass is 16.8. The maximum atomic E-state index is 10.2. The summed E-state index contributed by atoms with van der Waals surface area (Å²) in [5, 5.41) is 10.2. The van der Waals surface area contributed by atoms with Gasteiger partial charge in [-0.15, -0.1) is 0 Å². The van der Waals surface area contributed by atoms with Gasteiger partial charge in [-0.25, -0.2) is 0 Å². The molecule has 6 atom stereocenters. The third kappa shape index (κ3) is 1.99. The molecule has 3 saturated heterocycles. The van der Waals surface area contributed by atoms with Crippen molar-refractivity contribution in [3.8, 4) is 0 Å². The van der Waals surface area contributed by atoms with E-state index in [2.05, 4.69) is 0 Å². The van der Waals surface area contributed by atoms with Crippen molar-refractivity contribution in [2.75, 3.05) is 6.61 Å². The molecular weight excluding hydrogens is 228 g/mol. The van der Waals surface area contributed by atoms with E-state index in [9.17, 15) is 5.11 Å². The van der Waals surface area contributed by atoms with Gasteiger partial charge in [0.25, 0.3) is 0 Å². The molecule has 0 radical (unpaired) electrons. The molecular formula is C11H18O6. The van der Waals surface area contributed by atoms with E-state index >= 15 is 0 Å². The van der Waals surface area contributed by atoms with Gasteiger partial charge in [0.15, 0.2) is 18.4 Å². The monoisotopic (exact) mass is 246 g/mol. The van der Waals surface area contributed by atoms with Crippen molar-refractivity contribution >= 4 is 0 Å². The first-order valence-corrected chi connectivity index (χ1v) is 5.92. The van der Waals surface area contributed by atoms with Gasteiger partial charge in [0.2, 0.25) is 0 Å². The van der Waals surface area contributed by atoms with E-state index in [0.717, 1.165) is 0 Å². The van der Waals surface area contributed by atoms with Crippen LogP contribution in [0.5, 0.6) is 0 Å². The Bertz CT molecular complexity index is 306. The van der Waals surface area contributed by atoms with Crippen molar-refractivity contribution in [1.82, 2.24) is 0 Å². The topological polar surface area (TPSA) is 66.4 Å². The van der Waals surface area contributed by atoms with Crippen LogP contribution in [0.15, 0.2) is 0 Å². The number of hydrogen-bond donors (Lipinski definition) is 1. The van der Waals surface area contributed by atoms with Crippen molar-refractivity contribution in [3.63, 3.8) is 0 Å². The van der Waals surface area contributed by atoms with Crippen LogP contribution >= 0.6 is 0 Å². The van der Waals surface area contributed by atoms with E-state index in [1.807, 2.05) is 6.92 Å². The minimum absolute atomic E-state index is 0.255. The molecule has 0 aromatic rings. The summed E-state index contributed by atoms with van der Waals surface area (Å²) < 4.78 is 27.6. The molecule has 3 aliphatic rings. The second-order valence-electron chi connectivity index (χ2n) is 5.14. The van der Waals surface area contributed by atoms with Gasteiger partial charge in [-0.2, -0.15) is 0 Å². The minimum Gasteiger partial charge on any atom is -0.387 e. The van der Waals surface area contributed by atoms with Gasteiger partial charge in [-0.1, -0.05) is 0 Å². The number of aliphatic hydroxyl groups is 1. The lowest BCUT2D eigenvalue weighted by molar-refractivity contribution is -0.227. The van der Waals surface area contributed by atoms with Gasteiger partial charge in [-0.05, 0) is 20.8 Å². The fraction of sp³-hybridized carbons (Fsp3) is 1.00. The molecule has 6 heteroatoms. The van der Waals surface area contributed by atoms with E-state index in [1.54, 1.807) is 13.8 Å². The first-order valence-electron chi connectivity index (χ1n) is 5.92. The largest absolute Gasteiger partial charge is 0.387 e. The SMILES string of the molecule is CC1OCC(C2OC3OC(C)(C)OC3C2O)O1. The number of hydrogen-bond acceptors (Lipinski definition) is 6. The van der Waals surface area contributed by atoms with Crippen molar-refractivity contribution in [2.24, 2.45) is 0 Å². The zero-order chi connectivity index (χ0) is 12.2. The van der Waals surface area contributed by atoms with Crippen LogP contribution in [0.25, 0.3) is 0 Å². The van der Waals surface area contributed by atoms with E-state index in [1.165, 1.54) is 0 Å². The lowest BCUT2D eigenvalue weighted by Crippen LogP contribution is -2.42. The normalized spacial score (nSPS) is 52.9. The van der Waals surface area contributed by atoms with Gasteiger partial charge in [0, 0.05) is 0 Å². The van der Waals surface area contributed by atoms with E-state index in [0.29, 0.717) is 6.61 Å². The zero-order valence-corrected chi connectivity index (χ0v) is 10.2. The lowest BCUT2D eigenvalue weighted by Gasteiger charge is -2.25. The highest BCUT2D eigenvalue weighted by molar-refractivity contribution is 4.96. The average Bonchev–Trinajstić information content (AvgIpc) is 2.83. The number of fused-ring (bicyclic) bond motifs is 1. The van der Waals surface area contributed by atoms with Gasteiger partial charge < -0.3 is 28.8 Å². The highest BCUT2D eigenvalue weighted by Gasteiger charge is 2.57.